The molecule has 23 heavy (non-hydrogen) atoms. The van der Waals surface area contributed by atoms with Gasteiger partial charge in [-0.15, -0.1) is 0 Å². The van der Waals surface area contributed by atoms with Crippen LogP contribution in [0.5, 0.6) is 0 Å². The maximum atomic E-state index is 10.1. The zero-order valence-electron chi connectivity index (χ0n) is 15.3. The fourth-order valence-electron chi connectivity index (χ4n) is 2.01. The van der Waals surface area contributed by atoms with Crippen LogP contribution < -0.4 is 0 Å². The Kier molecular flexibility index (Phi) is 23.2. The van der Waals surface area contributed by atoms with E-state index in [2.05, 4.69) is 27.7 Å². The number of rotatable bonds is 12. The molecule has 139 valence electrons. The molecular weight excluding hydrogens is 335 g/mol. The quantitative estimate of drug-likeness (QED) is 0.358. The first-order valence-electron chi connectivity index (χ1n) is 8.69. The summed E-state index contributed by atoms with van der Waals surface area (Å²) in [6.07, 6.45) is 9.29. The molecule has 0 saturated carbocycles. The second-order valence-corrected chi connectivity index (χ2v) is 6.77. The van der Waals surface area contributed by atoms with Crippen molar-refractivity contribution in [3.8, 4) is 0 Å². The number of carbonyl (C=O) groups is 2. The van der Waals surface area contributed by atoms with E-state index < -0.39 is 11.9 Å². The molecule has 0 fully saturated rings. The summed E-state index contributed by atoms with van der Waals surface area (Å²) in [5.41, 5.74) is 0. The van der Waals surface area contributed by atoms with Crippen molar-refractivity contribution in [1.29, 1.82) is 0 Å². The molecule has 0 amide bonds. The maximum absolute atomic E-state index is 10.1. The van der Waals surface area contributed by atoms with Crippen LogP contribution in [0.1, 0.15) is 91.9 Å². The zero-order valence-corrected chi connectivity index (χ0v) is 16.5. The van der Waals surface area contributed by atoms with Crippen molar-refractivity contribution in [2.75, 3.05) is 0 Å². The van der Waals surface area contributed by atoms with E-state index in [1.165, 1.54) is 19.3 Å². The Bertz CT molecular complexity index is 278. The predicted molar refractivity (Wildman–Crippen MR) is 91.1 cm³/mol. The van der Waals surface area contributed by atoms with Crippen LogP contribution in [0.15, 0.2) is 0 Å². The second-order valence-electron chi connectivity index (χ2n) is 6.77. The van der Waals surface area contributed by atoms with Crippen LogP contribution in [0.4, 0.5) is 0 Å². The van der Waals surface area contributed by atoms with E-state index in [9.17, 15) is 9.59 Å². The fourth-order valence-corrected chi connectivity index (χ4v) is 2.01. The Balaban J connectivity index is -0.000000338. The minimum Gasteiger partial charge on any atom is -0.481 e. The van der Waals surface area contributed by atoms with Crippen LogP contribution in [0.25, 0.3) is 0 Å². The number of aliphatic carboxylic acids is 2. The molecule has 0 unspecified atom stereocenters. The molecule has 0 aromatic rings. The summed E-state index contributed by atoms with van der Waals surface area (Å²) in [4.78, 5) is 20.2. The normalized spacial score (nSPS) is 10.0. The van der Waals surface area contributed by atoms with Crippen molar-refractivity contribution < 1.29 is 36.9 Å². The van der Waals surface area contributed by atoms with E-state index in [0.717, 1.165) is 38.0 Å². The van der Waals surface area contributed by atoms with Crippen molar-refractivity contribution >= 4 is 11.9 Å². The minimum atomic E-state index is -0.677. The number of hydrogen-bond donors (Lipinski definition) is 2. The van der Waals surface area contributed by atoms with Gasteiger partial charge in [0.05, 0.1) is 0 Å². The monoisotopic (exact) mass is 371 g/mol. The molecule has 0 aliphatic carbocycles. The van der Waals surface area contributed by atoms with Gasteiger partial charge >= 0.3 is 11.9 Å². The molecule has 0 bridgehead atoms. The topological polar surface area (TPSA) is 74.6 Å². The summed E-state index contributed by atoms with van der Waals surface area (Å²) in [7, 11) is 0. The van der Waals surface area contributed by atoms with E-state index in [1.54, 1.807) is 0 Å². The SMILES string of the molecule is CC(C)CCCCC(=O)O.CC(C)CCCCCCC(=O)O.[Mn]. The summed E-state index contributed by atoms with van der Waals surface area (Å²) < 4.78 is 0. The largest absolute Gasteiger partial charge is 0.481 e. The second kappa shape index (κ2) is 19.5. The average molecular weight is 371 g/mol. The Labute approximate surface area is 152 Å². The number of carboxylic acids is 2. The standard InChI is InChI=1S/C10H20O2.C8H16O2.Mn/c1-9(2)7-5-3-4-6-8-10(11)12;1-7(2)5-3-4-6-8(9)10;/h9H,3-8H2,1-2H3,(H,11,12);7H,3-6H2,1-2H3,(H,9,10);. The van der Waals surface area contributed by atoms with Gasteiger partial charge < -0.3 is 10.2 Å². The van der Waals surface area contributed by atoms with Gasteiger partial charge in [-0.25, -0.2) is 0 Å². The van der Waals surface area contributed by atoms with E-state index >= 15 is 0 Å². The molecular formula is C18H36MnO4. The Morgan fingerprint density at radius 2 is 0.957 bits per heavy atom. The van der Waals surface area contributed by atoms with Gasteiger partial charge in [0.1, 0.15) is 0 Å². The van der Waals surface area contributed by atoms with Gasteiger partial charge in [0, 0.05) is 29.9 Å². The van der Waals surface area contributed by atoms with Gasteiger partial charge in [0.15, 0.2) is 0 Å². The Morgan fingerprint density at radius 3 is 1.30 bits per heavy atom. The van der Waals surface area contributed by atoms with Crippen molar-refractivity contribution in [3.05, 3.63) is 0 Å². The molecule has 0 atom stereocenters. The molecule has 0 rings (SSSR count). The van der Waals surface area contributed by atoms with Gasteiger partial charge in [-0.1, -0.05) is 66.2 Å². The third kappa shape index (κ3) is 34.0. The van der Waals surface area contributed by atoms with Crippen molar-refractivity contribution in [3.63, 3.8) is 0 Å². The average Bonchev–Trinajstić information content (AvgIpc) is 2.38. The molecule has 0 aliphatic heterocycles. The number of hydrogen-bond acceptors (Lipinski definition) is 2. The first kappa shape index (κ1) is 27.3. The third-order valence-corrected chi connectivity index (χ3v) is 3.34. The molecule has 0 aliphatic rings. The van der Waals surface area contributed by atoms with Gasteiger partial charge in [-0.05, 0) is 24.7 Å². The zero-order chi connectivity index (χ0) is 17.4. The Morgan fingerprint density at radius 1 is 0.652 bits per heavy atom. The first-order valence-corrected chi connectivity index (χ1v) is 8.69. The van der Waals surface area contributed by atoms with Crippen molar-refractivity contribution in [2.24, 2.45) is 11.8 Å². The number of unbranched alkanes of at least 4 members (excludes halogenated alkanes) is 4. The molecule has 5 heteroatoms. The fraction of sp³-hybridized carbons (Fsp3) is 0.889. The van der Waals surface area contributed by atoms with E-state index in [4.69, 9.17) is 10.2 Å². The minimum absolute atomic E-state index is 0. The van der Waals surface area contributed by atoms with Crippen LogP contribution in [0.2, 0.25) is 0 Å². The van der Waals surface area contributed by atoms with Crippen LogP contribution in [-0.2, 0) is 26.7 Å². The van der Waals surface area contributed by atoms with E-state index in [0.29, 0.717) is 18.8 Å². The van der Waals surface area contributed by atoms with E-state index in [-0.39, 0.29) is 17.1 Å². The predicted octanol–water partition coefficient (Wildman–Crippen LogP) is 5.35. The molecule has 0 saturated heterocycles. The summed E-state index contributed by atoms with van der Waals surface area (Å²) in [5.74, 6) is 0.140. The molecule has 0 aromatic carbocycles. The third-order valence-electron chi connectivity index (χ3n) is 3.34. The summed E-state index contributed by atoms with van der Waals surface area (Å²) in [5, 5.41) is 16.6. The van der Waals surface area contributed by atoms with Gasteiger partial charge in [-0.3, -0.25) is 9.59 Å². The van der Waals surface area contributed by atoms with Gasteiger partial charge in [0.25, 0.3) is 0 Å². The molecule has 0 heterocycles. The van der Waals surface area contributed by atoms with Crippen LogP contribution in [0.3, 0.4) is 0 Å². The van der Waals surface area contributed by atoms with Crippen LogP contribution in [0, 0.1) is 11.8 Å². The summed E-state index contributed by atoms with van der Waals surface area (Å²) in [6, 6.07) is 0. The Hall–Kier alpha value is -0.541. The van der Waals surface area contributed by atoms with Gasteiger partial charge in [-0.2, -0.15) is 0 Å². The molecule has 2 N–H and O–H groups in total. The molecule has 4 nitrogen and oxygen atoms in total. The van der Waals surface area contributed by atoms with E-state index in [1.807, 2.05) is 0 Å². The first-order chi connectivity index (χ1) is 10.3. The summed E-state index contributed by atoms with van der Waals surface area (Å²) >= 11 is 0. The summed E-state index contributed by atoms with van der Waals surface area (Å²) in [6.45, 7) is 8.75. The molecule has 0 spiro atoms. The van der Waals surface area contributed by atoms with Crippen LogP contribution >= 0.6 is 0 Å². The van der Waals surface area contributed by atoms with Gasteiger partial charge in [0.2, 0.25) is 0 Å². The maximum Gasteiger partial charge on any atom is 0.303 e. The molecule has 0 aromatic heterocycles. The van der Waals surface area contributed by atoms with Crippen molar-refractivity contribution in [1.82, 2.24) is 0 Å². The van der Waals surface area contributed by atoms with Crippen molar-refractivity contribution in [2.45, 2.75) is 91.9 Å². The molecule has 1 radical (unpaired) electrons. The van der Waals surface area contributed by atoms with Crippen LogP contribution in [-0.4, -0.2) is 22.2 Å². The number of carboxylic acid groups (broad SMARTS) is 2. The smallest absolute Gasteiger partial charge is 0.303 e.